The van der Waals surface area contributed by atoms with E-state index in [1.807, 2.05) is 28.5 Å². The first-order valence-corrected chi connectivity index (χ1v) is 8.81. The molecule has 116 valence electrons. The van der Waals surface area contributed by atoms with Crippen LogP contribution in [-0.4, -0.2) is 33.4 Å². The van der Waals surface area contributed by atoms with E-state index in [4.69, 9.17) is 0 Å². The Hall–Kier alpha value is -1.75. The zero-order chi connectivity index (χ0) is 15.4. The Morgan fingerprint density at radius 2 is 2.18 bits per heavy atom. The van der Waals surface area contributed by atoms with Crippen molar-refractivity contribution in [3.05, 3.63) is 35.5 Å². The predicted molar refractivity (Wildman–Crippen MR) is 88.7 cm³/mol. The van der Waals surface area contributed by atoms with Crippen molar-refractivity contribution in [1.82, 2.24) is 14.9 Å². The summed E-state index contributed by atoms with van der Waals surface area (Å²) in [6, 6.07) is 6.23. The van der Waals surface area contributed by atoms with Crippen LogP contribution in [0.25, 0.3) is 10.7 Å². The molecule has 1 saturated carbocycles. The van der Waals surface area contributed by atoms with Crippen LogP contribution in [0.4, 0.5) is 0 Å². The Balaban J connectivity index is 1.67. The van der Waals surface area contributed by atoms with Gasteiger partial charge in [-0.05, 0) is 31.9 Å². The lowest BCUT2D eigenvalue weighted by Crippen LogP contribution is -2.39. The van der Waals surface area contributed by atoms with Crippen LogP contribution in [0, 0.1) is 0 Å². The lowest BCUT2D eigenvalue weighted by atomic mass is 10.2. The SMILES string of the molecule is CCN(C(=O)Cc1csc(-c2ccccn2)n1)C1CCCC1. The number of aromatic nitrogens is 2. The van der Waals surface area contributed by atoms with E-state index in [-0.39, 0.29) is 5.91 Å². The Morgan fingerprint density at radius 3 is 2.86 bits per heavy atom. The highest BCUT2D eigenvalue weighted by Gasteiger charge is 2.25. The third-order valence-electron chi connectivity index (χ3n) is 4.19. The molecule has 0 bridgehead atoms. The molecule has 1 aliphatic rings. The maximum Gasteiger partial charge on any atom is 0.228 e. The van der Waals surface area contributed by atoms with E-state index in [0.717, 1.165) is 35.8 Å². The molecule has 0 aliphatic heterocycles. The molecule has 0 radical (unpaired) electrons. The van der Waals surface area contributed by atoms with Crippen molar-refractivity contribution in [3.8, 4) is 10.7 Å². The molecule has 1 aliphatic carbocycles. The maximum atomic E-state index is 12.6. The zero-order valence-corrected chi connectivity index (χ0v) is 13.7. The van der Waals surface area contributed by atoms with Gasteiger partial charge in [-0.25, -0.2) is 4.98 Å². The largest absolute Gasteiger partial charge is 0.340 e. The summed E-state index contributed by atoms with van der Waals surface area (Å²) < 4.78 is 0. The molecule has 22 heavy (non-hydrogen) atoms. The summed E-state index contributed by atoms with van der Waals surface area (Å²) in [4.78, 5) is 23.5. The molecule has 0 atom stereocenters. The molecule has 4 nitrogen and oxygen atoms in total. The van der Waals surface area contributed by atoms with Gasteiger partial charge in [-0.1, -0.05) is 18.9 Å². The number of thiazole rings is 1. The Morgan fingerprint density at radius 1 is 1.36 bits per heavy atom. The first-order chi connectivity index (χ1) is 10.8. The molecule has 5 heteroatoms. The summed E-state index contributed by atoms with van der Waals surface area (Å²) >= 11 is 1.55. The minimum atomic E-state index is 0.201. The Labute approximate surface area is 135 Å². The average molecular weight is 315 g/mol. The Kier molecular flexibility index (Phi) is 4.83. The molecule has 3 rings (SSSR count). The van der Waals surface area contributed by atoms with Crippen LogP contribution >= 0.6 is 11.3 Å². The quantitative estimate of drug-likeness (QED) is 0.848. The molecule has 2 aromatic rings. The number of likely N-dealkylation sites (N-methyl/N-ethyl adjacent to an activating group) is 1. The highest BCUT2D eigenvalue weighted by atomic mass is 32.1. The van der Waals surface area contributed by atoms with Crippen LogP contribution < -0.4 is 0 Å². The average Bonchev–Trinajstić information content (AvgIpc) is 3.21. The van der Waals surface area contributed by atoms with Crippen LogP contribution in [0.1, 0.15) is 38.3 Å². The highest BCUT2D eigenvalue weighted by Crippen LogP contribution is 2.25. The van der Waals surface area contributed by atoms with E-state index in [1.165, 1.54) is 12.8 Å². The van der Waals surface area contributed by atoms with Crippen LogP contribution in [0.5, 0.6) is 0 Å². The van der Waals surface area contributed by atoms with Crippen molar-refractivity contribution in [2.75, 3.05) is 6.54 Å². The summed E-state index contributed by atoms with van der Waals surface area (Å²) in [6.07, 6.45) is 6.95. The van der Waals surface area contributed by atoms with Crippen LogP contribution in [0.15, 0.2) is 29.8 Å². The topological polar surface area (TPSA) is 46.1 Å². The first-order valence-electron chi connectivity index (χ1n) is 7.93. The third-order valence-corrected chi connectivity index (χ3v) is 5.11. The minimum absolute atomic E-state index is 0.201. The van der Waals surface area contributed by atoms with Crippen molar-refractivity contribution in [2.24, 2.45) is 0 Å². The second kappa shape index (κ2) is 7.01. The first kappa shape index (κ1) is 15.2. The monoisotopic (exact) mass is 315 g/mol. The lowest BCUT2D eigenvalue weighted by Gasteiger charge is -2.27. The molecular formula is C17H21N3OS. The molecular weight excluding hydrogens is 294 g/mol. The van der Waals surface area contributed by atoms with Crippen molar-refractivity contribution in [1.29, 1.82) is 0 Å². The van der Waals surface area contributed by atoms with Crippen molar-refractivity contribution in [2.45, 2.75) is 45.1 Å². The molecule has 1 amide bonds. The van der Waals surface area contributed by atoms with Crippen molar-refractivity contribution >= 4 is 17.2 Å². The van der Waals surface area contributed by atoms with Crippen LogP contribution in [0.2, 0.25) is 0 Å². The van der Waals surface area contributed by atoms with E-state index in [0.29, 0.717) is 12.5 Å². The van der Waals surface area contributed by atoms with Gasteiger partial charge < -0.3 is 4.90 Å². The highest BCUT2D eigenvalue weighted by molar-refractivity contribution is 7.13. The predicted octanol–water partition coefficient (Wildman–Crippen LogP) is 3.54. The number of nitrogens with zero attached hydrogens (tertiary/aromatic N) is 3. The normalized spacial score (nSPS) is 15.1. The van der Waals surface area contributed by atoms with E-state index in [9.17, 15) is 4.79 Å². The van der Waals surface area contributed by atoms with Gasteiger partial charge in [0.05, 0.1) is 17.8 Å². The summed E-state index contributed by atoms with van der Waals surface area (Å²) in [6.45, 7) is 2.86. The van der Waals surface area contributed by atoms with E-state index < -0.39 is 0 Å². The fraction of sp³-hybridized carbons (Fsp3) is 0.471. The smallest absolute Gasteiger partial charge is 0.228 e. The zero-order valence-electron chi connectivity index (χ0n) is 12.9. The van der Waals surface area contributed by atoms with Gasteiger partial charge in [-0.3, -0.25) is 9.78 Å². The molecule has 0 spiro atoms. The molecule has 0 saturated heterocycles. The van der Waals surface area contributed by atoms with E-state index in [2.05, 4.69) is 16.9 Å². The summed E-state index contributed by atoms with van der Waals surface area (Å²) in [5, 5.41) is 2.86. The molecule has 0 N–H and O–H groups in total. The molecule has 2 aromatic heterocycles. The summed E-state index contributed by atoms with van der Waals surface area (Å²) in [5.41, 5.74) is 1.72. The standard InChI is InChI=1S/C17H21N3OS/c1-2-20(14-7-3-4-8-14)16(21)11-13-12-22-17(19-13)15-9-5-6-10-18-15/h5-6,9-10,12,14H,2-4,7-8,11H2,1H3. The lowest BCUT2D eigenvalue weighted by molar-refractivity contribution is -0.132. The van der Waals surface area contributed by atoms with Gasteiger partial charge >= 0.3 is 0 Å². The van der Waals surface area contributed by atoms with Gasteiger partial charge in [-0.2, -0.15) is 0 Å². The van der Waals surface area contributed by atoms with Gasteiger partial charge in [-0.15, -0.1) is 11.3 Å². The van der Waals surface area contributed by atoms with E-state index >= 15 is 0 Å². The van der Waals surface area contributed by atoms with Gasteiger partial charge in [0.25, 0.3) is 0 Å². The molecule has 1 fully saturated rings. The molecule has 0 aromatic carbocycles. The number of hydrogen-bond acceptors (Lipinski definition) is 4. The van der Waals surface area contributed by atoms with E-state index in [1.54, 1.807) is 17.5 Å². The number of hydrogen-bond donors (Lipinski definition) is 0. The molecule has 2 heterocycles. The second-order valence-electron chi connectivity index (χ2n) is 5.65. The van der Waals surface area contributed by atoms with Gasteiger partial charge in [0, 0.05) is 24.2 Å². The number of rotatable bonds is 5. The third kappa shape index (κ3) is 3.35. The van der Waals surface area contributed by atoms with Crippen molar-refractivity contribution < 1.29 is 4.79 Å². The number of carbonyl (C=O) groups is 1. The minimum Gasteiger partial charge on any atom is -0.340 e. The van der Waals surface area contributed by atoms with Crippen LogP contribution in [0.3, 0.4) is 0 Å². The summed E-state index contributed by atoms with van der Waals surface area (Å²) in [7, 11) is 0. The fourth-order valence-electron chi connectivity index (χ4n) is 3.11. The molecule has 0 unspecified atom stereocenters. The number of amides is 1. The number of pyridine rings is 1. The van der Waals surface area contributed by atoms with Gasteiger partial charge in [0.2, 0.25) is 5.91 Å². The van der Waals surface area contributed by atoms with Crippen molar-refractivity contribution in [3.63, 3.8) is 0 Å². The fourth-order valence-corrected chi connectivity index (χ4v) is 3.90. The Bertz CT molecular complexity index is 620. The number of carbonyl (C=O) groups excluding carboxylic acids is 1. The van der Waals surface area contributed by atoms with Gasteiger partial charge in [0.1, 0.15) is 5.01 Å². The van der Waals surface area contributed by atoms with Gasteiger partial charge in [0.15, 0.2) is 0 Å². The summed E-state index contributed by atoms with van der Waals surface area (Å²) in [5.74, 6) is 0.201. The van der Waals surface area contributed by atoms with Crippen LogP contribution in [-0.2, 0) is 11.2 Å². The second-order valence-corrected chi connectivity index (χ2v) is 6.51. The maximum absolute atomic E-state index is 12.6.